The normalized spacial score (nSPS) is 14.9. The van der Waals surface area contributed by atoms with Crippen LogP contribution in [-0.2, 0) is 17.1 Å². The van der Waals surface area contributed by atoms with E-state index in [9.17, 15) is 9.18 Å². The number of likely N-dealkylation sites (tertiary alicyclic amines) is 1. The van der Waals surface area contributed by atoms with Gasteiger partial charge in [0.2, 0.25) is 17.6 Å². The van der Waals surface area contributed by atoms with Crippen LogP contribution in [0.5, 0.6) is 0 Å². The molecule has 2 aromatic carbocycles. The second kappa shape index (κ2) is 12.0. The Bertz CT molecular complexity index is 1000. The van der Waals surface area contributed by atoms with Gasteiger partial charge in [-0.1, -0.05) is 47.6 Å². The Labute approximate surface area is 197 Å². The number of rotatable bonds is 10. The number of hydrogen-bond acceptors (Lipinski definition) is 6. The third kappa shape index (κ3) is 7.14. The van der Waals surface area contributed by atoms with Gasteiger partial charge in [-0.05, 0) is 55.8 Å². The summed E-state index contributed by atoms with van der Waals surface area (Å²) in [6, 6.07) is 16.4. The van der Waals surface area contributed by atoms with E-state index in [1.807, 2.05) is 42.5 Å². The number of aromatic nitrogens is 2. The average Bonchev–Trinajstić information content (AvgIpc) is 3.32. The molecule has 0 unspecified atom stereocenters. The maximum atomic E-state index is 12.9. The van der Waals surface area contributed by atoms with Crippen LogP contribution in [0.3, 0.4) is 0 Å². The number of piperidine rings is 1. The molecule has 8 heteroatoms. The van der Waals surface area contributed by atoms with Crippen molar-refractivity contribution in [2.45, 2.75) is 31.6 Å². The lowest BCUT2D eigenvalue weighted by atomic mass is 9.96. The van der Waals surface area contributed by atoms with E-state index in [2.05, 4.69) is 20.4 Å². The predicted octanol–water partition coefficient (Wildman–Crippen LogP) is 4.53. The van der Waals surface area contributed by atoms with Crippen molar-refractivity contribution in [3.63, 3.8) is 0 Å². The highest BCUT2D eigenvalue weighted by Gasteiger charge is 2.25. The van der Waals surface area contributed by atoms with E-state index in [0.717, 1.165) is 55.0 Å². The smallest absolute Gasteiger partial charge is 0.241 e. The number of benzene rings is 2. The van der Waals surface area contributed by atoms with Gasteiger partial charge in [-0.2, -0.15) is 16.7 Å². The molecule has 2 heterocycles. The molecule has 33 heavy (non-hydrogen) atoms. The zero-order chi connectivity index (χ0) is 22.9. The Morgan fingerprint density at radius 3 is 2.64 bits per heavy atom. The number of carbonyl (C=O) groups excluding carboxylic acids is 1. The van der Waals surface area contributed by atoms with Crippen molar-refractivity contribution in [2.75, 3.05) is 25.4 Å². The second-order valence-electron chi connectivity index (χ2n) is 8.25. The monoisotopic (exact) mass is 468 g/mol. The number of hydrogen-bond donors (Lipinski definition) is 1. The van der Waals surface area contributed by atoms with Gasteiger partial charge in [0.05, 0.1) is 6.54 Å². The highest BCUT2D eigenvalue weighted by atomic mass is 32.2. The van der Waals surface area contributed by atoms with Crippen molar-refractivity contribution in [1.29, 1.82) is 0 Å². The first kappa shape index (κ1) is 23.4. The van der Waals surface area contributed by atoms with E-state index in [4.69, 9.17) is 4.52 Å². The molecular weight excluding hydrogens is 439 g/mol. The molecule has 1 aliphatic rings. The first-order chi connectivity index (χ1) is 16.2. The fourth-order valence-electron chi connectivity index (χ4n) is 3.87. The quantitative estimate of drug-likeness (QED) is 0.441. The van der Waals surface area contributed by atoms with E-state index in [1.54, 1.807) is 11.8 Å². The van der Waals surface area contributed by atoms with E-state index in [1.165, 1.54) is 12.1 Å². The van der Waals surface area contributed by atoms with Gasteiger partial charge in [-0.3, -0.25) is 9.69 Å². The lowest BCUT2D eigenvalue weighted by Crippen LogP contribution is -2.40. The molecule has 0 spiro atoms. The van der Waals surface area contributed by atoms with Crippen LogP contribution in [0.4, 0.5) is 4.39 Å². The molecule has 0 aliphatic carbocycles. The van der Waals surface area contributed by atoms with Gasteiger partial charge < -0.3 is 9.84 Å². The summed E-state index contributed by atoms with van der Waals surface area (Å²) in [6.07, 6.45) is 2.60. The summed E-state index contributed by atoms with van der Waals surface area (Å²) in [5, 5.41) is 7.16. The highest BCUT2D eigenvalue weighted by molar-refractivity contribution is 7.98. The van der Waals surface area contributed by atoms with Gasteiger partial charge in [-0.15, -0.1) is 0 Å². The standard InChI is InChI=1S/C25H29FN4O2S/c26-22-9-7-19(8-10-22)18-33-16-4-13-27-25(31)21-11-14-30(15-12-21)17-23-28-24(29-32-23)20-5-2-1-3-6-20/h1-3,5-10,21H,4,11-18H2,(H,27,31). The minimum atomic E-state index is -0.205. The topological polar surface area (TPSA) is 71.3 Å². The molecule has 0 bridgehead atoms. The third-order valence-corrected chi connectivity index (χ3v) is 6.88. The molecular formula is C25H29FN4O2S. The molecule has 174 valence electrons. The zero-order valence-electron chi connectivity index (χ0n) is 18.6. The molecule has 3 aromatic rings. The van der Waals surface area contributed by atoms with Crippen molar-refractivity contribution >= 4 is 17.7 Å². The summed E-state index contributed by atoms with van der Waals surface area (Å²) >= 11 is 1.80. The maximum absolute atomic E-state index is 12.9. The van der Waals surface area contributed by atoms with Gasteiger partial charge in [0.15, 0.2) is 0 Å². The van der Waals surface area contributed by atoms with Crippen molar-refractivity contribution in [3.8, 4) is 11.4 Å². The molecule has 1 aromatic heterocycles. The van der Waals surface area contributed by atoms with Crippen LogP contribution in [0.25, 0.3) is 11.4 Å². The zero-order valence-corrected chi connectivity index (χ0v) is 19.4. The van der Waals surface area contributed by atoms with Crippen LogP contribution < -0.4 is 5.32 Å². The van der Waals surface area contributed by atoms with Gasteiger partial charge in [-0.25, -0.2) is 4.39 Å². The van der Waals surface area contributed by atoms with Crippen LogP contribution in [0.2, 0.25) is 0 Å². The van der Waals surface area contributed by atoms with E-state index < -0.39 is 0 Å². The molecule has 1 amide bonds. The molecule has 4 rings (SSSR count). The summed E-state index contributed by atoms with van der Waals surface area (Å²) in [7, 11) is 0. The number of thioether (sulfide) groups is 1. The number of carbonyl (C=O) groups is 1. The van der Waals surface area contributed by atoms with Crippen LogP contribution in [0, 0.1) is 11.7 Å². The summed E-state index contributed by atoms with van der Waals surface area (Å²) in [4.78, 5) is 19.3. The first-order valence-electron chi connectivity index (χ1n) is 11.4. The number of nitrogens with zero attached hydrogens (tertiary/aromatic N) is 3. The van der Waals surface area contributed by atoms with Crippen LogP contribution in [0.15, 0.2) is 59.1 Å². The van der Waals surface area contributed by atoms with Gasteiger partial charge in [0, 0.05) is 23.8 Å². The minimum Gasteiger partial charge on any atom is -0.356 e. The Hall–Kier alpha value is -2.71. The Balaban J connectivity index is 1.10. The third-order valence-electron chi connectivity index (χ3n) is 5.76. The fourth-order valence-corrected chi connectivity index (χ4v) is 4.79. The number of halogens is 1. The average molecular weight is 469 g/mol. The minimum absolute atomic E-state index is 0.0654. The van der Waals surface area contributed by atoms with Crippen LogP contribution in [-0.4, -0.2) is 46.3 Å². The molecule has 6 nitrogen and oxygen atoms in total. The molecule has 0 radical (unpaired) electrons. The van der Waals surface area contributed by atoms with Crippen molar-refractivity contribution in [1.82, 2.24) is 20.4 Å². The summed E-state index contributed by atoms with van der Waals surface area (Å²) in [6.45, 7) is 2.99. The van der Waals surface area contributed by atoms with Crippen LogP contribution >= 0.6 is 11.8 Å². The lowest BCUT2D eigenvalue weighted by molar-refractivity contribution is -0.126. The van der Waals surface area contributed by atoms with Crippen LogP contribution in [0.1, 0.15) is 30.7 Å². The molecule has 1 N–H and O–H groups in total. The summed E-state index contributed by atoms with van der Waals surface area (Å²) < 4.78 is 18.3. The van der Waals surface area contributed by atoms with Crippen molar-refractivity contribution < 1.29 is 13.7 Å². The SMILES string of the molecule is O=C(NCCCSCc1ccc(F)cc1)C1CCN(Cc2nc(-c3ccccc3)no2)CC1. The van der Waals surface area contributed by atoms with Gasteiger partial charge >= 0.3 is 0 Å². The van der Waals surface area contributed by atoms with Gasteiger partial charge in [0.1, 0.15) is 5.82 Å². The fraction of sp³-hybridized carbons (Fsp3) is 0.400. The number of nitrogens with one attached hydrogen (secondary N) is 1. The molecule has 0 saturated carbocycles. The van der Waals surface area contributed by atoms with E-state index >= 15 is 0 Å². The molecule has 1 aliphatic heterocycles. The summed E-state index contributed by atoms with van der Waals surface area (Å²) in [5.41, 5.74) is 2.06. The molecule has 1 fully saturated rings. The maximum Gasteiger partial charge on any atom is 0.241 e. The Morgan fingerprint density at radius 1 is 1.12 bits per heavy atom. The second-order valence-corrected chi connectivity index (χ2v) is 9.36. The van der Waals surface area contributed by atoms with Crippen molar-refractivity contribution in [3.05, 3.63) is 71.9 Å². The Kier molecular flexibility index (Phi) is 8.49. The Morgan fingerprint density at radius 2 is 1.88 bits per heavy atom. The first-order valence-corrected chi connectivity index (χ1v) is 12.5. The van der Waals surface area contributed by atoms with Crippen molar-refractivity contribution in [2.24, 2.45) is 5.92 Å². The summed E-state index contributed by atoms with van der Waals surface area (Å²) in [5.74, 6) is 3.05. The van der Waals surface area contributed by atoms with Gasteiger partial charge in [0.25, 0.3) is 0 Å². The molecule has 1 saturated heterocycles. The highest BCUT2D eigenvalue weighted by Crippen LogP contribution is 2.21. The molecule has 0 atom stereocenters. The predicted molar refractivity (Wildman–Crippen MR) is 128 cm³/mol. The number of amides is 1. The van der Waals surface area contributed by atoms with E-state index in [-0.39, 0.29) is 17.6 Å². The van der Waals surface area contributed by atoms with E-state index in [0.29, 0.717) is 24.8 Å². The largest absolute Gasteiger partial charge is 0.356 e. The lowest BCUT2D eigenvalue weighted by Gasteiger charge is -2.30.